The largest absolute Gasteiger partial charge is 0.361 e. The molecule has 2 unspecified atom stereocenters. The number of nitrogens with zero attached hydrogens (tertiary/aromatic N) is 4. The molecule has 21 heteroatoms. The lowest BCUT2D eigenvalue weighted by Gasteiger charge is -2.13. The average molecular weight is 865 g/mol. The number of para-hydroxylation sites is 2. The summed E-state index contributed by atoms with van der Waals surface area (Å²) in [4.78, 5) is 70.7. The van der Waals surface area contributed by atoms with Gasteiger partial charge in [-0.15, -0.1) is 0 Å². The number of carbonyl (C=O) groups excluding carboxylic acids is 2. The highest BCUT2D eigenvalue weighted by Crippen LogP contribution is 2.40. The first-order valence-corrected chi connectivity index (χ1v) is 19.9. The van der Waals surface area contributed by atoms with E-state index in [1.807, 2.05) is 55.7 Å². The summed E-state index contributed by atoms with van der Waals surface area (Å²) in [6, 6.07) is 22.0. The van der Waals surface area contributed by atoms with E-state index in [2.05, 4.69) is 26.7 Å². The van der Waals surface area contributed by atoms with Gasteiger partial charge in [-0.3, -0.25) is 50.0 Å². The molecule has 59 heavy (non-hydrogen) atoms. The van der Waals surface area contributed by atoms with Gasteiger partial charge < -0.3 is 20.6 Å². The minimum absolute atomic E-state index is 0.0185. The number of likely N-dealkylation sites (N-methyl/N-ethyl adjacent to an activating group) is 2. The molecule has 308 valence electrons. The minimum Gasteiger partial charge on any atom is -0.361 e. The smallest absolute Gasteiger partial charge is 0.290 e. The lowest BCUT2D eigenvalue weighted by Crippen LogP contribution is -2.34. The van der Waals surface area contributed by atoms with Crippen LogP contribution < -0.4 is 10.6 Å². The molecule has 2 heterocycles. The molecule has 0 saturated carbocycles. The van der Waals surface area contributed by atoms with Crippen molar-refractivity contribution in [1.29, 1.82) is 0 Å². The number of hydrogen-bond donors (Lipinski definition) is 4. The van der Waals surface area contributed by atoms with Crippen LogP contribution in [0.3, 0.4) is 0 Å². The van der Waals surface area contributed by atoms with Gasteiger partial charge in [-0.2, -0.15) is 0 Å². The number of nitro groups is 4. The molecular weight excluding hydrogens is 828 g/mol. The highest BCUT2D eigenvalue weighted by Gasteiger charge is 2.25. The van der Waals surface area contributed by atoms with Crippen LogP contribution in [0.5, 0.6) is 0 Å². The number of hydrogen-bond acceptors (Lipinski definition) is 14. The average Bonchev–Trinajstić information content (AvgIpc) is 3.78. The molecule has 6 rings (SSSR count). The van der Waals surface area contributed by atoms with E-state index in [1.165, 1.54) is 36.1 Å². The molecule has 0 aliphatic rings. The number of nitrogens with one attached hydrogen (secondary N) is 4. The van der Waals surface area contributed by atoms with Crippen molar-refractivity contribution >= 4 is 89.5 Å². The van der Waals surface area contributed by atoms with Crippen LogP contribution in [0.4, 0.5) is 22.7 Å². The maximum absolute atomic E-state index is 11.9. The number of aromatic amines is 2. The van der Waals surface area contributed by atoms with Gasteiger partial charge in [0.1, 0.15) is 16.5 Å². The lowest BCUT2D eigenvalue weighted by molar-refractivity contribution is -0.396. The standard InChI is InChI=1S/C19H18N4O5S.C13H16N2O.C6H3ClN2O4S/c1-11(24)16(20-2)10-14-13-5-3-4-6-15(13)21-19(14)29-18-8-7-12(22(25)26)9-17(18)23(27)28;1-9(16)13(14-2)7-10-8-15-12-6-4-3-5-11(10)12;7-14-6-2-1-4(8(10)11)3-5(6)9(12)13/h3-9,16,20-21H,10H2,1-2H3;3-6,8,13-15H,7H2,1-2H3;1-3H. The first-order chi connectivity index (χ1) is 28.1. The number of benzene rings is 4. The second-order valence-corrected chi connectivity index (χ2v) is 14.8. The van der Waals surface area contributed by atoms with E-state index in [0.29, 0.717) is 22.4 Å². The van der Waals surface area contributed by atoms with Crippen LogP contribution in [-0.4, -0.2) is 67.4 Å². The molecular formula is C38H37ClN8O10S2. The van der Waals surface area contributed by atoms with Crippen molar-refractivity contribution in [2.45, 2.75) is 53.6 Å². The molecule has 18 nitrogen and oxygen atoms in total. The summed E-state index contributed by atoms with van der Waals surface area (Å²) in [5.41, 5.74) is 2.63. The van der Waals surface area contributed by atoms with Gasteiger partial charge in [0.05, 0.1) is 53.8 Å². The fourth-order valence-corrected chi connectivity index (χ4v) is 7.67. The zero-order valence-electron chi connectivity index (χ0n) is 31.8. The Morgan fingerprint density at radius 1 is 0.678 bits per heavy atom. The predicted molar refractivity (Wildman–Crippen MR) is 226 cm³/mol. The Morgan fingerprint density at radius 2 is 1.17 bits per heavy atom. The van der Waals surface area contributed by atoms with Crippen molar-refractivity contribution < 1.29 is 29.3 Å². The van der Waals surface area contributed by atoms with E-state index in [4.69, 9.17) is 10.7 Å². The fraction of sp³-hybridized carbons (Fsp3) is 0.211. The Kier molecular flexibility index (Phi) is 16.2. The van der Waals surface area contributed by atoms with Crippen LogP contribution in [-0.2, 0) is 22.4 Å². The number of H-pyrrole nitrogens is 2. The monoisotopic (exact) mass is 864 g/mol. The predicted octanol–water partition coefficient (Wildman–Crippen LogP) is 8.49. The van der Waals surface area contributed by atoms with E-state index in [9.17, 15) is 50.0 Å². The molecule has 6 aromatic rings. The van der Waals surface area contributed by atoms with Crippen molar-refractivity contribution in [3.05, 3.63) is 143 Å². The van der Waals surface area contributed by atoms with Crippen molar-refractivity contribution in [2.75, 3.05) is 14.1 Å². The van der Waals surface area contributed by atoms with E-state index in [1.54, 1.807) is 14.0 Å². The van der Waals surface area contributed by atoms with Gasteiger partial charge in [-0.25, -0.2) is 0 Å². The Bertz CT molecular complexity index is 2530. The molecule has 0 amide bonds. The molecule has 0 radical (unpaired) electrons. The summed E-state index contributed by atoms with van der Waals surface area (Å²) in [6.45, 7) is 3.13. The van der Waals surface area contributed by atoms with Gasteiger partial charge in [0.15, 0.2) is 0 Å². The summed E-state index contributed by atoms with van der Waals surface area (Å²) < 4.78 is 0. The second kappa shape index (κ2) is 21.0. The van der Waals surface area contributed by atoms with E-state index >= 15 is 0 Å². The van der Waals surface area contributed by atoms with Gasteiger partial charge in [0.2, 0.25) is 0 Å². The Hall–Kier alpha value is -6.19. The number of halogens is 1. The molecule has 2 atom stereocenters. The topological polar surface area (TPSA) is 262 Å². The SMILES string of the molecule is CNC(Cc1c(Sc2ccc([N+](=O)[O-])cc2[N+](=O)[O-])[nH]c2ccccc12)C(C)=O.CNC(Cc1c[nH]c2ccccc12)C(C)=O.O=[N+]([O-])c1ccc(SCl)c([N+](=O)[O-])c1. The fourth-order valence-electron chi connectivity index (χ4n) is 5.87. The van der Waals surface area contributed by atoms with Gasteiger partial charge in [0, 0.05) is 40.1 Å². The molecule has 2 aromatic heterocycles. The van der Waals surface area contributed by atoms with Gasteiger partial charge in [-0.1, -0.05) is 48.2 Å². The molecule has 0 saturated heterocycles. The van der Waals surface area contributed by atoms with Crippen molar-refractivity contribution in [1.82, 2.24) is 20.6 Å². The third-order valence-corrected chi connectivity index (χ3v) is 11.1. The molecule has 4 N–H and O–H groups in total. The molecule has 0 aliphatic carbocycles. The number of rotatable bonds is 15. The number of carbonyl (C=O) groups is 2. The van der Waals surface area contributed by atoms with E-state index < -0.39 is 25.7 Å². The van der Waals surface area contributed by atoms with Crippen LogP contribution in [0.2, 0.25) is 0 Å². The van der Waals surface area contributed by atoms with Crippen LogP contribution in [0.15, 0.2) is 106 Å². The van der Waals surface area contributed by atoms with Gasteiger partial charge in [-0.05, 0) is 97.8 Å². The zero-order chi connectivity index (χ0) is 43.4. The molecule has 4 aromatic carbocycles. The highest BCUT2D eigenvalue weighted by atomic mass is 35.7. The Morgan fingerprint density at radius 3 is 1.68 bits per heavy atom. The molecule has 0 spiro atoms. The summed E-state index contributed by atoms with van der Waals surface area (Å²) in [5, 5.41) is 52.0. The summed E-state index contributed by atoms with van der Waals surface area (Å²) in [5.74, 6) is 0.155. The van der Waals surface area contributed by atoms with Crippen LogP contribution in [0.25, 0.3) is 21.8 Å². The molecule has 0 fully saturated rings. The zero-order valence-corrected chi connectivity index (χ0v) is 34.2. The van der Waals surface area contributed by atoms with Crippen LogP contribution in [0, 0.1) is 40.5 Å². The van der Waals surface area contributed by atoms with E-state index in [-0.39, 0.29) is 50.1 Å². The Labute approximate surface area is 348 Å². The van der Waals surface area contributed by atoms with Gasteiger partial charge >= 0.3 is 0 Å². The summed E-state index contributed by atoms with van der Waals surface area (Å²) in [6.07, 6.45) is 3.12. The number of Topliss-reactive ketones (excluding diaryl/α,β-unsaturated/α-hetero) is 2. The van der Waals surface area contributed by atoms with Crippen LogP contribution in [0.1, 0.15) is 25.0 Å². The van der Waals surface area contributed by atoms with Gasteiger partial charge in [0.25, 0.3) is 22.7 Å². The number of nitro benzene ring substituents is 4. The van der Waals surface area contributed by atoms with Crippen molar-refractivity contribution in [3.63, 3.8) is 0 Å². The first kappa shape index (κ1) is 45.5. The quantitative estimate of drug-likeness (QED) is 0.0557. The molecule has 0 bridgehead atoms. The third-order valence-electron chi connectivity index (χ3n) is 8.96. The maximum atomic E-state index is 11.9. The van der Waals surface area contributed by atoms with Crippen LogP contribution >= 0.6 is 33.4 Å². The number of aromatic nitrogens is 2. The van der Waals surface area contributed by atoms with E-state index in [0.717, 1.165) is 58.4 Å². The lowest BCUT2D eigenvalue weighted by atomic mass is 10.0. The second-order valence-electron chi connectivity index (χ2n) is 12.7. The number of fused-ring (bicyclic) bond motifs is 2. The highest BCUT2D eigenvalue weighted by molar-refractivity contribution is 8.21. The van der Waals surface area contributed by atoms with Crippen molar-refractivity contribution in [3.8, 4) is 0 Å². The summed E-state index contributed by atoms with van der Waals surface area (Å²) in [7, 11) is 9.53. The molecule has 0 aliphatic heterocycles. The maximum Gasteiger partial charge on any atom is 0.290 e. The summed E-state index contributed by atoms with van der Waals surface area (Å²) >= 11 is 1.12. The normalized spacial score (nSPS) is 11.7. The third kappa shape index (κ3) is 11.7. The Balaban J connectivity index is 0.000000216. The first-order valence-electron chi connectivity index (χ1n) is 17.4. The number of non-ortho nitro benzene ring substituents is 2. The number of ketones is 2. The van der Waals surface area contributed by atoms with Crippen molar-refractivity contribution in [2.24, 2.45) is 0 Å². The minimum atomic E-state index is -0.711.